The normalized spacial score (nSPS) is 17.7. The summed E-state index contributed by atoms with van der Waals surface area (Å²) in [7, 11) is 1.44. The maximum atomic E-state index is 14.9. The fourth-order valence-corrected chi connectivity index (χ4v) is 4.41. The zero-order chi connectivity index (χ0) is 25.5. The van der Waals surface area contributed by atoms with Crippen LogP contribution in [0.25, 0.3) is 5.76 Å². The van der Waals surface area contributed by atoms with Crippen LogP contribution >= 0.6 is 15.9 Å². The Kier molecular flexibility index (Phi) is 6.42. The molecular formula is C25H16BrF4NO4. The van der Waals surface area contributed by atoms with Crippen LogP contribution in [0.3, 0.4) is 0 Å². The lowest BCUT2D eigenvalue weighted by Gasteiger charge is -2.26. The van der Waals surface area contributed by atoms with Gasteiger partial charge in [-0.25, -0.2) is 4.39 Å². The van der Waals surface area contributed by atoms with Gasteiger partial charge in [-0.3, -0.25) is 14.5 Å². The van der Waals surface area contributed by atoms with E-state index < -0.39 is 46.6 Å². The second-order valence-electron chi connectivity index (χ2n) is 7.58. The van der Waals surface area contributed by atoms with Gasteiger partial charge in [0, 0.05) is 16.8 Å². The Morgan fingerprint density at radius 1 is 1.03 bits per heavy atom. The molecule has 180 valence electrons. The Labute approximate surface area is 205 Å². The molecule has 3 aromatic rings. The van der Waals surface area contributed by atoms with Crippen molar-refractivity contribution in [3.05, 3.63) is 99.3 Å². The van der Waals surface area contributed by atoms with Crippen LogP contribution in [-0.4, -0.2) is 23.9 Å². The zero-order valence-electron chi connectivity index (χ0n) is 17.9. The van der Waals surface area contributed by atoms with Crippen molar-refractivity contribution in [1.29, 1.82) is 0 Å². The molecule has 1 aliphatic heterocycles. The molecule has 0 spiro atoms. The summed E-state index contributed by atoms with van der Waals surface area (Å²) in [5, 5.41) is 11.1. The molecule has 0 aliphatic carbocycles. The van der Waals surface area contributed by atoms with Crippen molar-refractivity contribution in [2.45, 2.75) is 12.2 Å². The summed E-state index contributed by atoms with van der Waals surface area (Å²) >= 11 is 3.28. The van der Waals surface area contributed by atoms with Gasteiger partial charge >= 0.3 is 6.18 Å². The van der Waals surface area contributed by atoms with Crippen molar-refractivity contribution >= 4 is 39.1 Å². The number of rotatable bonds is 4. The molecular weight excluding hydrogens is 534 g/mol. The van der Waals surface area contributed by atoms with Crippen molar-refractivity contribution in [3.63, 3.8) is 0 Å². The van der Waals surface area contributed by atoms with Gasteiger partial charge in [0.25, 0.3) is 11.7 Å². The highest BCUT2D eigenvalue weighted by Crippen LogP contribution is 2.44. The summed E-state index contributed by atoms with van der Waals surface area (Å²) < 4.78 is 59.6. The Balaban J connectivity index is 1.92. The highest BCUT2D eigenvalue weighted by atomic mass is 79.9. The lowest BCUT2D eigenvalue weighted by molar-refractivity contribution is -0.137. The number of methoxy groups -OCH3 is 1. The smallest absolute Gasteiger partial charge is 0.416 e. The van der Waals surface area contributed by atoms with Crippen LogP contribution in [0.5, 0.6) is 5.75 Å². The van der Waals surface area contributed by atoms with Crippen LogP contribution in [0.15, 0.2) is 76.8 Å². The number of aliphatic hydroxyl groups is 1. The third-order valence-electron chi connectivity index (χ3n) is 5.54. The maximum absolute atomic E-state index is 14.9. The number of alkyl halides is 3. The molecule has 35 heavy (non-hydrogen) atoms. The molecule has 1 saturated heterocycles. The van der Waals surface area contributed by atoms with Crippen LogP contribution in [0.2, 0.25) is 0 Å². The van der Waals surface area contributed by atoms with Gasteiger partial charge in [0.05, 0.1) is 28.8 Å². The van der Waals surface area contributed by atoms with Gasteiger partial charge in [-0.2, -0.15) is 13.2 Å². The molecule has 3 aromatic carbocycles. The predicted octanol–water partition coefficient (Wildman–Crippen LogP) is 6.24. The van der Waals surface area contributed by atoms with Gasteiger partial charge in [-0.05, 0) is 64.5 Å². The molecule has 0 saturated carbocycles. The number of carbonyl (C=O) groups excluding carboxylic acids is 2. The number of Topliss-reactive ketones (excluding diaryl/α,β-unsaturated/α-hetero) is 1. The number of amides is 1. The third-order valence-corrected chi connectivity index (χ3v) is 6.16. The lowest BCUT2D eigenvalue weighted by atomic mass is 9.94. The summed E-state index contributed by atoms with van der Waals surface area (Å²) in [5.74, 6) is -3.13. The highest BCUT2D eigenvalue weighted by molar-refractivity contribution is 9.10. The number of anilines is 1. The van der Waals surface area contributed by atoms with Crippen molar-refractivity contribution < 1.29 is 37.0 Å². The van der Waals surface area contributed by atoms with Gasteiger partial charge in [0.1, 0.15) is 17.3 Å². The molecule has 10 heteroatoms. The van der Waals surface area contributed by atoms with E-state index in [1.54, 1.807) is 0 Å². The molecule has 1 amide bonds. The number of nitrogens with zero attached hydrogens (tertiary/aromatic N) is 1. The Hall–Kier alpha value is -3.66. The summed E-state index contributed by atoms with van der Waals surface area (Å²) in [4.78, 5) is 27.0. The minimum absolute atomic E-state index is 0.0664. The van der Waals surface area contributed by atoms with Crippen LogP contribution in [0.4, 0.5) is 23.2 Å². The van der Waals surface area contributed by atoms with E-state index in [1.165, 1.54) is 43.5 Å². The van der Waals surface area contributed by atoms with Crippen molar-refractivity contribution in [3.8, 4) is 5.75 Å². The van der Waals surface area contributed by atoms with E-state index in [9.17, 15) is 32.3 Å². The Morgan fingerprint density at radius 2 is 1.69 bits per heavy atom. The van der Waals surface area contributed by atoms with E-state index in [1.807, 2.05) is 0 Å². The number of benzene rings is 3. The molecule has 0 bridgehead atoms. The molecule has 1 N–H and O–H groups in total. The topological polar surface area (TPSA) is 66.8 Å². The minimum Gasteiger partial charge on any atom is -0.507 e. The number of aliphatic hydroxyl groups excluding tert-OH is 1. The van der Waals surface area contributed by atoms with Gasteiger partial charge in [0.2, 0.25) is 0 Å². The van der Waals surface area contributed by atoms with E-state index >= 15 is 0 Å². The van der Waals surface area contributed by atoms with E-state index in [-0.39, 0.29) is 16.8 Å². The third kappa shape index (κ3) is 4.41. The summed E-state index contributed by atoms with van der Waals surface area (Å²) in [6, 6.07) is 11.9. The number of hydrogen-bond acceptors (Lipinski definition) is 4. The standard InChI is InChI=1S/C25H16BrF4NO4/c1-35-19-11-6-13(12-17(19)26)22(32)20-21(16-4-2-3-5-18(16)27)31(24(34)23(20)33)15-9-7-14(8-10-15)25(28,29)30/h2-12,21,32H,1H3/b22-20+. The second-order valence-corrected chi connectivity index (χ2v) is 8.44. The Morgan fingerprint density at radius 3 is 2.26 bits per heavy atom. The minimum atomic E-state index is -4.61. The van der Waals surface area contributed by atoms with E-state index in [0.717, 1.165) is 35.2 Å². The molecule has 1 atom stereocenters. The second kappa shape index (κ2) is 9.18. The SMILES string of the molecule is COc1ccc(/C(O)=C2\C(=O)C(=O)N(c3ccc(C(F)(F)F)cc3)C2c2ccccc2F)cc1Br. The summed E-state index contributed by atoms with van der Waals surface area (Å²) in [5.41, 5.74) is -1.39. The van der Waals surface area contributed by atoms with E-state index in [2.05, 4.69) is 15.9 Å². The first-order chi connectivity index (χ1) is 16.5. The summed E-state index contributed by atoms with van der Waals surface area (Å²) in [6.45, 7) is 0. The van der Waals surface area contributed by atoms with Crippen molar-refractivity contribution in [2.75, 3.05) is 12.0 Å². The number of ether oxygens (including phenoxy) is 1. The fraction of sp³-hybridized carbons (Fsp3) is 0.120. The van der Waals surface area contributed by atoms with Gasteiger partial charge < -0.3 is 9.84 Å². The van der Waals surface area contributed by atoms with Gasteiger partial charge in [-0.15, -0.1) is 0 Å². The highest BCUT2D eigenvalue weighted by Gasteiger charge is 2.48. The van der Waals surface area contributed by atoms with Crippen molar-refractivity contribution in [2.24, 2.45) is 0 Å². The molecule has 0 aromatic heterocycles. The molecule has 1 aliphatic rings. The predicted molar refractivity (Wildman–Crippen MR) is 123 cm³/mol. The fourth-order valence-electron chi connectivity index (χ4n) is 3.87. The molecule has 4 rings (SSSR count). The number of ketones is 1. The van der Waals surface area contributed by atoms with Crippen LogP contribution in [0.1, 0.15) is 22.7 Å². The van der Waals surface area contributed by atoms with Crippen LogP contribution < -0.4 is 9.64 Å². The first kappa shape index (κ1) is 24.5. The number of carbonyl (C=O) groups is 2. The average Bonchev–Trinajstić information content (AvgIpc) is 3.08. The van der Waals surface area contributed by atoms with E-state index in [0.29, 0.717) is 10.2 Å². The molecule has 0 radical (unpaired) electrons. The van der Waals surface area contributed by atoms with Crippen LogP contribution in [0, 0.1) is 5.82 Å². The summed E-state index contributed by atoms with van der Waals surface area (Å²) in [6.07, 6.45) is -4.61. The monoisotopic (exact) mass is 549 g/mol. The van der Waals surface area contributed by atoms with Crippen LogP contribution in [-0.2, 0) is 15.8 Å². The lowest BCUT2D eigenvalue weighted by Crippen LogP contribution is -2.30. The molecule has 1 fully saturated rings. The Bertz CT molecular complexity index is 1350. The molecule has 1 heterocycles. The van der Waals surface area contributed by atoms with Crippen molar-refractivity contribution in [1.82, 2.24) is 0 Å². The molecule has 1 unspecified atom stereocenters. The quantitative estimate of drug-likeness (QED) is 0.181. The van der Waals surface area contributed by atoms with E-state index in [4.69, 9.17) is 4.74 Å². The first-order valence-corrected chi connectivity index (χ1v) is 10.9. The largest absolute Gasteiger partial charge is 0.507 e. The number of hydrogen-bond donors (Lipinski definition) is 1. The number of halogens is 5. The average molecular weight is 550 g/mol. The maximum Gasteiger partial charge on any atom is 0.416 e. The van der Waals surface area contributed by atoms with Gasteiger partial charge in [-0.1, -0.05) is 18.2 Å². The van der Waals surface area contributed by atoms with Gasteiger partial charge in [0.15, 0.2) is 0 Å². The zero-order valence-corrected chi connectivity index (χ0v) is 19.5. The molecule has 5 nitrogen and oxygen atoms in total. The first-order valence-electron chi connectivity index (χ1n) is 10.1.